The summed E-state index contributed by atoms with van der Waals surface area (Å²) >= 11 is 11.8. The summed E-state index contributed by atoms with van der Waals surface area (Å²) in [6.45, 7) is 4.59. The molecule has 2 saturated heterocycles. The van der Waals surface area contributed by atoms with Crippen LogP contribution in [-0.2, 0) is 14.8 Å². The molecule has 1 aromatic heterocycles. The first-order valence-corrected chi connectivity index (χ1v) is 14.8. The highest BCUT2D eigenvalue weighted by Crippen LogP contribution is 2.33. The van der Waals surface area contributed by atoms with Crippen molar-refractivity contribution in [2.45, 2.75) is 24.7 Å². The number of aryl methyl sites for hydroxylation is 1. The van der Waals surface area contributed by atoms with Crippen molar-refractivity contribution in [3.63, 3.8) is 0 Å². The van der Waals surface area contributed by atoms with E-state index in [0.29, 0.717) is 54.0 Å². The lowest BCUT2D eigenvalue weighted by molar-refractivity contribution is 0.0730. The molecule has 3 aromatic rings. The number of carbonyl (C=O) groups is 1. The van der Waals surface area contributed by atoms with Crippen LogP contribution < -0.4 is 15.5 Å². The summed E-state index contributed by atoms with van der Waals surface area (Å²) in [5.41, 5.74) is 2.36. The fourth-order valence-electron chi connectivity index (χ4n) is 4.74. The molecule has 2 aliphatic rings. The highest BCUT2D eigenvalue weighted by molar-refractivity contribution is 7.89. The number of anilines is 2. The number of thiocarbonyl (C=S) groups is 1. The summed E-state index contributed by atoms with van der Waals surface area (Å²) in [5, 5.41) is 10.2. The van der Waals surface area contributed by atoms with Crippen molar-refractivity contribution in [1.82, 2.24) is 14.8 Å². The predicted molar refractivity (Wildman–Crippen MR) is 153 cm³/mol. The van der Waals surface area contributed by atoms with Crippen molar-refractivity contribution >= 4 is 56.2 Å². The molecule has 13 heteroatoms. The first-order chi connectivity index (χ1) is 18.8. The number of ether oxygens (including phenoxy) is 1. The van der Waals surface area contributed by atoms with Crippen LogP contribution in [0.2, 0.25) is 5.02 Å². The first-order valence-electron chi connectivity index (χ1n) is 12.6. The lowest BCUT2D eigenvalue weighted by Crippen LogP contribution is -2.40. The van der Waals surface area contributed by atoms with Crippen molar-refractivity contribution in [3.8, 4) is 11.3 Å². The number of nitrogens with zero attached hydrogens (tertiary/aromatic N) is 3. The summed E-state index contributed by atoms with van der Waals surface area (Å²) in [6.07, 6.45) is 2.07. The van der Waals surface area contributed by atoms with Gasteiger partial charge in [-0.25, -0.2) is 8.42 Å². The summed E-state index contributed by atoms with van der Waals surface area (Å²) in [7, 11) is -3.73. The van der Waals surface area contributed by atoms with E-state index < -0.39 is 15.9 Å². The molecular formula is C26H28ClN5O5S2. The number of nitrogens with one attached hydrogen (secondary N) is 2. The molecule has 2 aliphatic heterocycles. The molecule has 2 aromatic carbocycles. The number of halogens is 1. The second-order valence-corrected chi connectivity index (χ2v) is 12.0. The van der Waals surface area contributed by atoms with E-state index in [9.17, 15) is 13.2 Å². The molecule has 1 amide bonds. The zero-order valence-corrected chi connectivity index (χ0v) is 23.7. The minimum Gasteiger partial charge on any atom is -0.379 e. The molecule has 0 unspecified atom stereocenters. The average Bonchev–Trinajstić information content (AvgIpc) is 3.59. The fraction of sp³-hybridized carbons (Fsp3) is 0.346. The van der Waals surface area contributed by atoms with E-state index >= 15 is 0 Å². The maximum Gasteiger partial charge on any atom is 0.263 e. The van der Waals surface area contributed by atoms with E-state index in [4.69, 9.17) is 33.1 Å². The predicted octanol–water partition coefficient (Wildman–Crippen LogP) is 4.05. The molecule has 5 rings (SSSR count). The van der Waals surface area contributed by atoms with E-state index in [-0.39, 0.29) is 15.6 Å². The Morgan fingerprint density at radius 1 is 1.08 bits per heavy atom. The van der Waals surface area contributed by atoms with Crippen LogP contribution in [0.4, 0.5) is 11.4 Å². The van der Waals surface area contributed by atoms with Gasteiger partial charge in [-0.15, -0.1) is 0 Å². The number of rotatable bonds is 6. The van der Waals surface area contributed by atoms with Crippen LogP contribution in [0.25, 0.3) is 11.3 Å². The smallest absolute Gasteiger partial charge is 0.263 e. The van der Waals surface area contributed by atoms with E-state index in [1.165, 1.54) is 4.31 Å². The Balaban J connectivity index is 1.41. The number of hydrogen-bond acceptors (Lipinski definition) is 8. The van der Waals surface area contributed by atoms with E-state index in [1.807, 2.05) is 0 Å². The Hall–Kier alpha value is -3.03. The molecule has 39 heavy (non-hydrogen) atoms. The molecule has 0 radical (unpaired) electrons. The molecule has 206 valence electrons. The van der Waals surface area contributed by atoms with Gasteiger partial charge < -0.3 is 19.5 Å². The number of benzene rings is 2. The quantitative estimate of drug-likeness (QED) is 0.411. The van der Waals surface area contributed by atoms with Gasteiger partial charge >= 0.3 is 0 Å². The van der Waals surface area contributed by atoms with Crippen LogP contribution in [-0.4, -0.2) is 68.3 Å². The van der Waals surface area contributed by atoms with Gasteiger partial charge in [0.2, 0.25) is 10.0 Å². The zero-order chi connectivity index (χ0) is 27.6. The van der Waals surface area contributed by atoms with Crippen LogP contribution in [0.15, 0.2) is 51.9 Å². The second kappa shape index (κ2) is 11.6. The molecule has 10 nitrogen and oxygen atoms in total. The maximum absolute atomic E-state index is 13.3. The minimum absolute atomic E-state index is 0.00655. The van der Waals surface area contributed by atoms with Crippen LogP contribution >= 0.6 is 23.8 Å². The zero-order valence-electron chi connectivity index (χ0n) is 21.3. The third-order valence-electron chi connectivity index (χ3n) is 6.72. The molecule has 0 atom stereocenters. The van der Waals surface area contributed by atoms with Crippen molar-refractivity contribution in [3.05, 3.63) is 58.8 Å². The Morgan fingerprint density at radius 3 is 2.51 bits per heavy atom. The summed E-state index contributed by atoms with van der Waals surface area (Å²) < 4.78 is 38.7. The van der Waals surface area contributed by atoms with E-state index in [1.54, 1.807) is 49.4 Å². The number of aromatic nitrogens is 1. The molecule has 0 aliphatic carbocycles. The van der Waals surface area contributed by atoms with Crippen molar-refractivity contribution in [1.29, 1.82) is 0 Å². The largest absolute Gasteiger partial charge is 0.379 e. The lowest BCUT2D eigenvalue weighted by Gasteiger charge is -2.27. The van der Waals surface area contributed by atoms with Gasteiger partial charge in [0, 0.05) is 31.7 Å². The van der Waals surface area contributed by atoms with Gasteiger partial charge in [0.25, 0.3) is 5.91 Å². The van der Waals surface area contributed by atoms with Crippen molar-refractivity contribution in [2.24, 2.45) is 0 Å². The van der Waals surface area contributed by atoms with Gasteiger partial charge in [-0.2, -0.15) is 4.31 Å². The third-order valence-corrected chi connectivity index (χ3v) is 9.14. The second-order valence-electron chi connectivity index (χ2n) is 9.24. The normalized spacial score (nSPS) is 16.3. The highest BCUT2D eigenvalue weighted by Gasteiger charge is 2.29. The van der Waals surface area contributed by atoms with E-state index in [2.05, 4.69) is 20.7 Å². The molecule has 0 saturated carbocycles. The Morgan fingerprint density at radius 2 is 1.79 bits per heavy atom. The standard InChI is InChI=1S/C26H28ClN5O5S2/c1-17-23(24(30-37-17)19-6-2-3-7-20(19)27)25(33)29-26(38)28-21-16-18(8-9-22(21)31-10-4-5-11-31)39(34,35)32-12-14-36-15-13-32/h2-3,6-9,16H,4-5,10-15H2,1H3,(H2,28,29,33,38). The van der Waals surface area contributed by atoms with Gasteiger partial charge in [0.05, 0.1) is 34.5 Å². The molecule has 2 fully saturated rings. The third kappa shape index (κ3) is 5.80. The average molecular weight is 590 g/mol. The SMILES string of the molecule is Cc1onc(-c2ccccc2Cl)c1C(=O)NC(=S)Nc1cc(S(=O)(=O)N2CCOCC2)ccc1N1CCCC1. The van der Waals surface area contributed by atoms with Crippen LogP contribution in [0.3, 0.4) is 0 Å². The number of sulfonamides is 1. The number of hydrogen-bond donors (Lipinski definition) is 2. The monoisotopic (exact) mass is 589 g/mol. The Bertz CT molecular complexity index is 1500. The van der Waals surface area contributed by atoms with Gasteiger partial charge in [-0.1, -0.05) is 35.0 Å². The Kier molecular flexibility index (Phi) is 8.19. The minimum atomic E-state index is -3.73. The lowest BCUT2D eigenvalue weighted by atomic mass is 10.1. The van der Waals surface area contributed by atoms with Crippen LogP contribution in [0, 0.1) is 6.92 Å². The molecule has 0 spiro atoms. The number of carbonyl (C=O) groups excluding carboxylic acids is 1. The Labute approximate surface area is 237 Å². The van der Waals surface area contributed by atoms with Crippen molar-refractivity contribution in [2.75, 3.05) is 49.6 Å². The summed E-state index contributed by atoms with van der Waals surface area (Å²) in [6, 6.07) is 12.0. The van der Waals surface area contributed by atoms with Gasteiger partial charge in [-0.05, 0) is 56.2 Å². The van der Waals surface area contributed by atoms with E-state index in [0.717, 1.165) is 31.6 Å². The van der Waals surface area contributed by atoms with Crippen molar-refractivity contribution < 1.29 is 22.5 Å². The van der Waals surface area contributed by atoms with Crippen LogP contribution in [0.1, 0.15) is 29.0 Å². The summed E-state index contributed by atoms with van der Waals surface area (Å²) in [5.74, 6) is -0.220. The first kappa shape index (κ1) is 27.5. The molecule has 0 bridgehead atoms. The number of morpholine rings is 1. The number of amides is 1. The topological polar surface area (TPSA) is 117 Å². The van der Waals surface area contributed by atoms with Crippen LogP contribution in [0.5, 0.6) is 0 Å². The fourth-order valence-corrected chi connectivity index (χ4v) is 6.60. The van der Waals surface area contributed by atoms with Gasteiger partial charge in [0.1, 0.15) is 17.0 Å². The summed E-state index contributed by atoms with van der Waals surface area (Å²) in [4.78, 5) is 15.6. The molecule has 2 N–H and O–H groups in total. The highest BCUT2D eigenvalue weighted by atomic mass is 35.5. The molecular weight excluding hydrogens is 562 g/mol. The maximum atomic E-state index is 13.3. The van der Waals surface area contributed by atoms with Gasteiger partial charge in [0.15, 0.2) is 5.11 Å². The molecule has 3 heterocycles. The van der Waals surface area contributed by atoms with Gasteiger partial charge in [-0.3, -0.25) is 10.1 Å².